The SMILES string of the molecule is c1ccc(-c2cc(-c3cc(-n4c5ccccc5c5ccccc54)cc(-n4c5ccccc5c5ccccc54)c3)nc(-c3ccc(-c4cccc5c4-c4ccccc4C5(c4ccccc4)c4ccccc4)cc3)n2)cc1. The van der Waals surface area contributed by atoms with Crippen molar-refractivity contribution in [1.82, 2.24) is 19.1 Å². The van der Waals surface area contributed by atoms with Crippen molar-refractivity contribution in [3.8, 4) is 67.5 Å². The number of benzene rings is 11. The van der Waals surface area contributed by atoms with Crippen molar-refractivity contribution in [1.29, 1.82) is 0 Å². The second kappa shape index (κ2) is 17.1. The van der Waals surface area contributed by atoms with Crippen LogP contribution in [-0.2, 0) is 5.41 Å². The highest BCUT2D eigenvalue weighted by Gasteiger charge is 2.46. The van der Waals surface area contributed by atoms with Gasteiger partial charge < -0.3 is 9.13 Å². The topological polar surface area (TPSA) is 35.6 Å². The van der Waals surface area contributed by atoms with E-state index in [-0.39, 0.29) is 0 Å². The van der Waals surface area contributed by atoms with E-state index < -0.39 is 5.41 Å². The number of nitrogens with zero attached hydrogens (tertiary/aromatic N) is 4. The molecule has 4 heteroatoms. The second-order valence-electron chi connectivity index (χ2n) is 19.6. The number of rotatable bonds is 8. The molecule has 0 unspecified atom stereocenters. The van der Waals surface area contributed by atoms with Crippen LogP contribution in [0.1, 0.15) is 22.3 Å². The molecule has 1 aliphatic rings. The molecule has 0 bridgehead atoms. The fraction of sp³-hybridized carbons (Fsp3) is 0.0141. The van der Waals surface area contributed by atoms with Crippen molar-refractivity contribution < 1.29 is 0 Å². The normalized spacial score (nSPS) is 12.6. The van der Waals surface area contributed by atoms with Gasteiger partial charge in [-0.1, -0.05) is 231 Å². The van der Waals surface area contributed by atoms with Crippen LogP contribution < -0.4 is 0 Å². The number of fused-ring (bicyclic) bond motifs is 9. The molecule has 0 N–H and O–H groups in total. The maximum Gasteiger partial charge on any atom is 0.160 e. The van der Waals surface area contributed by atoms with Crippen molar-refractivity contribution in [2.45, 2.75) is 5.41 Å². The van der Waals surface area contributed by atoms with Crippen LogP contribution >= 0.6 is 0 Å². The maximum absolute atomic E-state index is 5.54. The van der Waals surface area contributed by atoms with Crippen LogP contribution in [0.5, 0.6) is 0 Å². The van der Waals surface area contributed by atoms with Crippen LogP contribution in [-0.4, -0.2) is 19.1 Å². The van der Waals surface area contributed by atoms with Gasteiger partial charge in [0.15, 0.2) is 5.82 Å². The molecule has 15 rings (SSSR count). The molecule has 3 aromatic heterocycles. The lowest BCUT2D eigenvalue weighted by Gasteiger charge is -2.34. The Labute approximate surface area is 434 Å². The molecule has 0 atom stereocenters. The van der Waals surface area contributed by atoms with Crippen molar-refractivity contribution in [2.75, 3.05) is 0 Å². The summed E-state index contributed by atoms with van der Waals surface area (Å²) in [5.74, 6) is 0.661. The molecule has 0 aliphatic heterocycles. The lowest BCUT2D eigenvalue weighted by Crippen LogP contribution is -2.28. The van der Waals surface area contributed by atoms with Gasteiger partial charge in [0.2, 0.25) is 0 Å². The van der Waals surface area contributed by atoms with Crippen molar-refractivity contribution in [2.24, 2.45) is 0 Å². The van der Waals surface area contributed by atoms with Crippen LogP contribution in [0.2, 0.25) is 0 Å². The molecule has 3 heterocycles. The first-order valence-electron chi connectivity index (χ1n) is 25.7. The van der Waals surface area contributed by atoms with Crippen LogP contribution in [0.15, 0.2) is 279 Å². The van der Waals surface area contributed by atoms with Gasteiger partial charge >= 0.3 is 0 Å². The average Bonchev–Trinajstić information content (AvgIpc) is 4.13. The van der Waals surface area contributed by atoms with Gasteiger partial charge in [-0.3, -0.25) is 0 Å². The Morgan fingerprint density at radius 1 is 0.280 bits per heavy atom. The molecular formula is C71H46N4. The molecule has 0 saturated carbocycles. The first kappa shape index (κ1) is 42.8. The van der Waals surface area contributed by atoms with E-state index in [1.165, 1.54) is 60.5 Å². The third-order valence-corrected chi connectivity index (χ3v) is 15.6. The number of hydrogen-bond donors (Lipinski definition) is 0. The van der Waals surface area contributed by atoms with Gasteiger partial charge in [-0.05, 0) is 93.0 Å². The third-order valence-electron chi connectivity index (χ3n) is 15.6. The summed E-state index contributed by atoms with van der Waals surface area (Å²) in [6, 6.07) is 101. The molecule has 4 nitrogen and oxygen atoms in total. The zero-order valence-corrected chi connectivity index (χ0v) is 40.8. The van der Waals surface area contributed by atoms with Crippen LogP contribution in [0.4, 0.5) is 0 Å². The summed E-state index contributed by atoms with van der Waals surface area (Å²) >= 11 is 0. The Balaban J connectivity index is 0.923. The Morgan fingerprint density at radius 3 is 1.23 bits per heavy atom. The van der Waals surface area contributed by atoms with Gasteiger partial charge in [0, 0.05) is 49.6 Å². The summed E-state index contributed by atoms with van der Waals surface area (Å²) in [5, 5.41) is 4.86. The van der Waals surface area contributed by atoms with Crippen molar-refractivity contribution in [3.63, 3.8) is 0 Å². The quantitative estimate of drug-likeness (QED) is 0.152. The highest BCUT2D eigenvalue weighted by atomic mass is 15.0. The summed E-state index contributed by atoms with van der Waals surface area (Å²) in [5.41, 5.74) is 20.8. The standard InChI is InChI=1S/C71H46N4/c1-4-21-48(22-5-1)63-46-64(50-43-53(74-65-35-16-11-27-56(65)57-28-12-17-36-66(57)74)45-54(44-50)75-67-37-18-13-29-58(67)59-30-14-19-38-68(59)75)73-70(72-63)49-41-39-47(40-42-49)55-32-20-34-62-69(55)60-31-10-15-33-61(60)71(62,51-23-6-2-7-24-51)52-25-8-3-9-26-52/h1-46H. The molecule has 350 valence electrons. The minimum Gasteiger partial charge on any atom is -0.309 e. The molecule has 14 aromatic rings. The summed E-state index contributed by atoms with van der Waals surface area (Å²) in [4.78, 5) is 10.9. The van der Waals surface area contributed by atoms with Gasteiger partial charge in [0.1, 0.15) is 0 Å². The highest BCUT2D eigenvalue weighted by Crippen LogP contribution is 2.58. The first-order chi connectivity index (χ1) is 37.2. The van der Waals surface area contributed by atoms with E-state index in [2.05, 4.69) is 288 Å². The molecule has 0 amide bonds. The average molecular weight is 955 g/mol. The van der Waals surface area contributed by atoms with Gasteiger partial charge in [-0.15, -0.1) is 0 Å². The van der Waals surface area contributed by atoms with E-state index in [4.69, 9.17) is 9.97 Å². The minimum absolute atomic E-state index is 0.479. The summed E-state index contributed by atoms with van der Waals surface area (Å²) in [6.07, 6.45) is 0. The molecule has 11 aromatic carbocycles. The van der Waals surface area contributed by atoms with Gasteiger partial charge in [0.05, 0.1) is 38.9 Å². The molecule has 0 radical (unpaired) electrons. The number of aromatic nitrogens is 4. The summed E-state index contributed by atoms with van der Waals surface area (Å²) < 4.78 is 4.82. The van der Waals surface area contributed by atoms with E-state index in [1.807, 2.05) is 0 Å². The number of hydrogen-bond acceptors (Lipinski definition) is 2. The van der Waals surface area contributed by atoms with E-state index in [0.29, 0.717) is 5.82 Å². The van der Waals surface area contributed by atoms with E-state index in [1.54, 1.807) is 0 Å². The monoisotopic (exact) mass is 954 g/mol. The lowest BCUT2D eigenvalue weighted by molar-refractivity contribution is 0.768. The Kier molecular flexibility index (Phi) is 9.76. The number of para-hydroxylation sites is 4. The Hall–Kier alpha value is -9.90. The maximum atomic E-state index is 5.54. The molecule has 0 saturated heterocycles. The fourth-order valence-corrected chi connectivity index (χ4v) is 12.4. The van der Waals surface area contributed by atoms with Gasteiger partial charge in [0.25, 0.3) is 0 Å². The molecule has 1 aliphatic carbocycles. The molecule has 75 heavy (non-hydrogen) atoms. The first-order valence-corrected chi connectivity index (χ1v) is 25.7. The van der Waals surface area contributed by atoms with E-state index >= 15 is 0 Å². The van der Waals surface area contributed by atoms with Crippen LogP contribution in [0, 0.1) is 0 Å². The zero-order valence-electron chi connectivity index (χ0n) is 40.8. The Bertz CT molecular complexity index is 4230. The summed E-state index contributed by atoms with van der Waals surface area (Å²) in [7, 11) is 0. The van der Waals surface area contributed by atoms with E-state index in [9.17, 15) is 0 Å². The highest BCUT2D eigenvalue weighted by molar-refractivity contribution is 6.11. The van der Waals surface area contributed by atoms with Crippen molar-refractivity contribution in [3.05, 3.63) is 301 Å². The van der Waals surface area contributed by atoms with Gasteiger partial charge in [-0.25, -0.2) is 9.97 Å². The predicted molar refractivity (Wildman–Crippen MR) is 310 cm³/mol. The fourth-order valence-electron chi connectivity index (χ4n) is 12.4. The molecular weight excluding hydrogens is 909 g/mol. The second-order valence-corrected chi connectivity index (χ2v) is 19.6. The van der Waals surface area contributed by atoms with Gasteiger partial charge in [-0.2, -0.15) is 0 Å². The Morgan fingerprint density at radius 2 is 0.693 bits per heavy atom. The third kappa shape index (κ3) is 6.63. The summed E-state index contributed by atoms with van der Waals surface area (Å²) in [6.45, 7) is 0. The minimum atomic E-state index is -0.479. The lowest BCUT2D eigenvalue weighted by atomic mass is 9.67. The largest absolute Gasteiger partial charge is 0.309 e. The smallest absolute Gasteiger partial charge is 0.160 e. The van der Waals surface area contributed by atoms with Crippen LogP contribution in [0.3, 0.4) is 0 Å². The zero-order chi connectivity index (χ0) is 49.5. The predicted octanol–water partition coefficient (Wildman–Crippen LogP) is 17.7. The molecule has 0 fully saturated rings. The van der Waals surface area contributed by atoms with Crippen molar-refractivity contribution >= 4 is 43.6 Å². The van der Waals surface area contributed by atoms with E-state index in [0.717, 1.165) is 67.1 Å². The molecule has 0 spiro atoms. The van der Waals surface area contributed by atoms with Crippen LogP contribution in [0.25, 0.3) is 111 Å².